The van der Waals surface area contributed by atoms with Gasteiger partial charge in [-0.05, 0) is 0 Å². The second-order valence-corrected chi connectivity index (χ2v) is 3.20. The van der Waals surface area contributed by atoms with E-state index in [1.54, 1.807) is 0 Å². The molecule has 0 saturated heterocycles. The molecule has 0 saturated carbocycles. The fourth-order valence-corrected chi connectivity index (χ4v) is 1.07. The quantitative estimate of drug-likeness (QED) is 0.392. The first-order valence-electron chi connectivity index (χ1n) is 4.48. The molecule has 96 valence electrons. The number of nitro groups is 1. The van der Waals surface area contributed by atoms with Gasteiger partial charge in [-0.2, -0.15) is 13.2 Å². The van der Waals surface area contributed by atoms with Crippen molar-refractivity contribution in [2.24, 2.45) is 0 Å². The average molecular weight is 261 g/mol. The number of aliphatic hydroxyl groups excluding tert-OH is 1. The lowest BCUT2D eigenvalue weighted by Gasteiger charge is -2.02. The average Bonchev–Trinajstić information content (AvgIpc) is 2.27. The summed E-state index contributed by atoms with van der Waals surface area (Å²) in [6.45, 7) is 0. The van der Waals surface area contributed by atoms with Gasteiger partial charge in [0.1, 0.15) is 5.76 Å². The van der Waals surface area contributed by atoms with Gasteiger partial charge in [-0.3, -0.25) is 14.9 Å². The zero-order valence-corrected chi connectivity index (χ0v) is 8.64. The molecule has 1 aromatic carbocycles. The second kappa shape index (κ2) is 4.86. The van der Waals surface area contributed by atoms with E-state index in [0.717, 1.165) is 18.2 Å². The molecule has 18 heavy (non-hydrogen) atoms. The van der Waals surface area contributed by atoms with Crippen molar-refractivity contribution in [3.8, 4) is 0 Å². The van der Waals surface area contributed by atoms with Gasteiger partial charge in [0.2, 0.25) is 0 Å². The first-order chi connectivity index (χ1) is 8.21. The molecule has 1 N–H and O–H groups in total. The SMILES string of the molecule is O=C(/C=C(\O)c1cccc([N+](=O)[O-])c1)C(F)(F)F. The van der Waals surface area contributed by atoms with Crippen LogP contribution in [0, 0.1) is 10.1 Å². The zero-order valence-electron chi connectivity index (χ0n) is 8.64. The highest BCUT2D eigenvalue weighted by molar-refractivity contribution is 5.99. The number of ketones is 1. The minimum absolute atomic E-state index is 0.0287. The van der Waals surface area contributed by atoms with Gasteiger partial charge in [-0.1, -0.05) is 12.1 Å². The minimum Gasteiger partial charge on any atom is -0.507 e. The summed E-state index contributed by atoms with van der Waals surface area (Å²) in [5, 5.41) is 19.7. The van der Waals surface area contributed by atoms with E-state index in [-0.39, 0.29) is 11.6 Å². The largest absolute Gasteiger partial charge is 0.507 e. The lowest BCUT2D eigenvalue weighted by molar-refractivity contribution is -0.384. The van der Waals surface area contributed by atoms with E-state index in [2.05, 4.69) is 0 Å². The Labute approximate surface area is 98.3 Å². The molecule has 0 bridgehead atoms. The molecule has 0 radical (unpaired) electrons. The number of hydrogen-bond donors (Lipinski definition) is 1. The number of allylic oxidation sites excluding steroid dienone is 1. The van der Waals surface area contributed by atoms with Crippen LogP contribution >= 0.6 is 0 Å². The molecule has 1 aromatic rings. The molecule has 1 rings (SSSR count). The van der Waals surface area contributed by atoms with Crippen LogP contribution in [0.2, 0.25) is 0 Å². The number of aliphatic hydroxyl groups is 1. The van der Waals surface area contributed by atoms with Crippen molar-refractivity contribution in [1.29, 1.82) is 0 Å². The molecule has 0 aliphatic heterocycles. The molecule has 0 aliphatic rings. The first-order valence-corrected chi connectivity index (χ1v) is 4.48. The van der Waals surface area contributed by atoms with Crippen LogP contribution in [0.5, 0.6) is 0 Å². The number of nitrogens with zero attached hydrogens (tertiary/aromatic N) is 1. The number of alkyl halides is 3. The second-order valence-electron chi connectivity index (χ2n) is 3.20. The molecule has 8 heteroatoms. The van der Waals surface area contributed by atoms with Gasteiger partial charge >= 0.3 is 6.18 Å². The van der Waals surface area contributed by atoms with Crippen molar-refractivity contribution in [3.63, 3.8) is 0 Å². The van der Waals surface area contributed by atoms with Crippen molar-refractivity contribution < 1.29 is 28.0 Å². The third-order valence-electron chi connectivity index (χ3n) is 1.90. The smallest absolute Gasteiger partial charge is 0.454 e. The highest BCUT2D eigenvalue weighted by Crippen LogP contribution is 2.22. The van der Waals surface area contributed by atoms with Gasteiger partial charge in [0.15, 0.2) is 0 Å². The van der Waals surface area contributed by atoms with Crippen LogP contribution in [0.25, 0.3) is 5.76 Å². The standard InChI is InChI=1S/C10H6F3NO4/c11-10(12,13)9(16)5-8(15)6-2-1-3-7(4-6)14(17)18/h1-5,15H/b8-5-. The number of nitro benzene ring substituents is 1. The van der Waals surface area contributed by atoms with Gasteiger partial charge in [-0.25, -0.2) is 0 Å². The lowest BCUT2D eigenvalue weighted by Crippen LogP contribution is -2.20. The van der Waals surface area contributed by atoms with E-state index in [9.17, 15) is 33.2 Å². The zero-order chi connectivity index (χ0) is 13.9. The maximum absolute atomic E-state index is 11.9. The third kappa shape index (κ3) is 3.30. The maximum atomic E-state index is 11.9. The molecule has 0 aliphatic carbocycles. The summed E-state index contributed by atoms with van der Waals surface area (Å²) in [7, 11) is 0. The fourth-order valence-electron chi connectivity index (χ4n) is 1.07. The Kier molecular flexibility index (Phi) is 3.70. The molecular weight excluding hydrogens is 255 g/mol. The summed E-state index contributed by atoms with van der Waals surface area (Å²) >= 11 is 0. The van der Waals surface area contributed by atoms with E-state index in [4.69, 9.17) is 0 Å². The number of rotatable bonds is 3. The Hall–Kier alpha value is -2.38. The number of halogens is 3. The predicted octanol–water partition coefficient (Wildman–Crippen LogP) is 2.63. The van der Waals surface area contributed by atoms with E-state index in [1.807, 2.05) is 0 Å². The Morgan fingerprint density at radius 1 is 1.39 bits per heavy atom. The number of non-ortho nitro benzene ring substituents is 1. The summed E-state index contributed by atoms with van der Waals surface area (Å²) in [4.78, 5) is 20.2. The van der Waals surface area contributed by atoms with Crippen LogP contribution in [0.15, 0.2) is 30.3 Å². The number of carbonyl (C=O) groups excluding carboxylic acids is 1. The Balaban J connectivity index is 3.08. The van der Waals surface area contributed by atoms with Crippen LogP contribution in [0.4, 0.5) is 18.9 Å². The number of benzene rings is 1. The van der Waals surface area contributed by atoms with Crippen molar-refractivity contribution in [2.45, 2.75) is 6.18 Å². The number of carbonyl (C=O) groups is 1. The third-order valence-corrected chi connectivity index (χ3v) is 1.90. The van der Waals surface area contributed by atoms with Crippen LogP contribution in [-0.2, 0) is 4.79 Å². The van der Waals surface area contributed by atoms with E-state index < -0.39 is 28.3 Å². The highest BCUT2D eigenvalue weighted by Gasteiger charge is 2.37. The molecular formula is C10H6F3NO4. The molecule has 0 spiro atoms. The van der Waals surface area contributed by atoms with Crippen molar-refractivity contribution in [2.75, 3.05) is 0 Å². The van der Waals surface area contributed by atoms with Gasteiger partial charge in [0.25, 0.3) is 11.5 Å². The van der Waals surface area contributed by atoms with Crippen LogP contribution in [0.3, 0.4) is 0 Å². The normalized spacial score (nSPS) is 12.3. The van der Waals surface area contributed by atoms with E-state index in [0.29, 0.717) is 0 Å². The van der Waals surface area contributed by atoms with Gasteiger partial charge in [0, 0.05) is 23.8 Å². The highest BCUT2D eigenvalue weighted by atomic mass is 19.4. The molecule has 0 aromatic heterocycles. The Morgan fingerprint density at radius 3 is 2.50 bits per heavy atom. The van der Waals surface area contributed by atoms with Crippen molar-refractivity contribution >= 4 is 17.2 Å². The summed E-state index contributed by atoms with van der Waals surface area (Å²) in [5.74, 6) is -3.23. The first kappa shape index (κ1) is 13.7. The van der Waals surface area contributed by atoms with Crippen LogP contribution in [0.1, 0.15) is 5.56 Å². The number of hydrogen-bond acceptors (Lipinski definition) is 4. The van der Waals surface area contributed by atoms with Gasteiger partial charge in [-0.15, -0.1) is 0 Å². The van der Waals surface area contributed by atoms with Gasteiger partial charge in [0.05, 0.1) is 4.92 Å². The Bertz CT molecular complexity index is 522. The lowest BCUT2D eigenvalue weighted by atomic mass is 10.1. The molecule has 0 fully saturated rings. The topological polar surface area (TPSA) is 80.4 Å². The summed E-state index contributed by atoms with van der Waals surface area (Å²) < 4.78 is 35.8. The summed E-state index contributed by atoms with van der Waals surface area (Å²) in [6, 6.07) is 4.27. The van der Waals surface area contributed by atoms with Crippen molar-refractivity contribution in [1.82, 2.24) is 0 Å². The molecule has 5 nitrogen and oxygen atoms in total. The van der Waals surface area contributed by atoms with E-state index >= 15 is 0 Å². The summed E-state index contributed by atoms with van der Waals surface area (Å²) in [6.07, 6.45) is -5.13. The molecule has 0 heterocycles. The van der Waals surface area contributed by atoms with E-state index in [1.165, 1.54) is 6.07 Å². The van der Waals surface area contributed by atoms with Gasteiger partial charge < -0.3 is 5.11 Å². The predicted molar refractivity (Wildman–Crippen MR) is 54.8 cm³/mol. The van der Waals surface area contributed by atoms with Crippen molar-refractivity contribution in [3.05, 3.63) is 46.0 Å². The Morgan fingerprint density at radius 2 is 2.00 bits per heavy atom. The molecule has 0 atom stereocenters. The van der Waals surface area contributed by atoms with Crippen LogP contribution in [-0.4, -0.2) is 22.0 Å². The summed E-state index contributed by atoms with van der Waals surface area (Å²) in [5.41, 5.74) is -0.659. The monoisotopic (exact) mass is 261 g/mol. The van der Waals surface area contributed by atoms with Crippen LogP contribution < -0.4 is 0 Å². The minimum atomic E-state index is -5.10. The molecule has 0 unspecified atom stereocenters. The maximum Gasteiger partial charge on any atom is 0.454 e. The molecule has 0 amide bonds. The fraction of sp³-hybridized carbons (Fsp3) is 0.100.